The molecule has 102 valence electrons. The van der Waals surface area contributed by atoms with Crippen molar-refractivity contribution in [1.82, 2.24) is 4.98 Å². The average molecular weight is 338 g/mol. The van der Waals surface area contributed by atoms with Gasteiger partial charge in [-0.2, -0.15) is 5.26 Å². The summed E-state index contributed by atoms with van der Waals surface area (Å²) in [4.78, 5) is 4.13. The Morgan fingerprint density at radius 2 is 1.80 bits per heavy atom. The van der Waals surface area contributed by atoms with E-state index in [-0.39, 0.29) is 17.1 Å². The first-order valence-corrected chi connectivity index (χ1v) is 6.51. The van der Waals surface area contributed by atoms with Gasteiger partial charge in [0.2, 0.25) is 0 Å². The summed E-state index contributed by atoms with van der Waals surface area (Å²) in [6.45, 7) is 3.49. The van der Waals surface area contributed by atoms with Crippen LogP contribution in [0.15, 0.2) is 22.7 Å². The van der Waals surface area contributed by atoms with Gasteiger partial charge in [0.25, 0.3) is 0 Å². The van der Waals surface area contributed by atoms with Crippen molar-refractivity contribution in [2.45, 2.75) is 13.8 Å². The Morgan fingerprint density at radius 3 is 2.35 bits per heavy atom. The molecule has 1 aromatic heterocycles. The molecule has 0 aliphatic rings. The number of aryl methyl sites for hydroxylation is 2. The van der Waals surface area contributed by atoms with Crippen LogP contribution in [0.25, 0.3) is 0 Å². The molecule has 0 saturated heterocycles. The van der Waals surface area contributed by atoms with Crippen LogP contribution in [-0.2, 0) is 0 Å². The molecule has 0 unspecified atom stereocenters. The van der Waals surface area contributed by atoms with Crippen molar-refractivity contribution in [3.05, 3.63) is 51.1 Å². The second-order valence-corrected chi connectivity index (χ2v) is 5.20. The van der Waals surface area contributed by atoms with Crippen LogP contribution in [-0.4, -0.2) is 4.98 Å². The van der Waals surface area contributed by atoms with Crippen LogP contribution in [0, 0.1) is 36.8 Å². The van der Waals surface area contributed by atoms with Gasteiger partial charge >= 0.3 is 0 Å². The zero-order valence-electron chi connectivity index (χ0n) is 10.8. The molecule has 0 spiro atoms. The van der Waals surface area contributed by atoms with E-state index in [9.17, 15) is 8.78 Å². The number of pyridine rings is 1. The highest BCUT2D eigenvalue weighted by Crippen LogP contribution is 2.28. The van der Waals surface area contributed by atoms with Crippen molar-refractivity contribution < 1.29 is 8.78 Å². The molecule has 1 aromatic carbocycles. The maximum atomic E-state index is 13.8. The Balaban J connectivity index is 2.54. The number of aromatic nitrogens is 1. The average Bonchev–Trinajstić information content (AvgIpc) is 2.33. The first-order chi connectivity index (χ1) is 9.42. The molecular weight excluding hydrogens is 328 g/mol. The van der Waals surface area contributed by atoms with Gasteiger partial charge in [0.15, 0.2) is 11.6 Å². The molecule has 1 heterocycles. The lowest BCUT2D eigenvalue weighted by Crippen LogP contribution is -2.04. The second kappa shape index (κ2) is 5.55. The molecule has 0 radical (unpaired) electrons. The van der Waals surface area contributed by atoms with Crippen molar-refractivity contribution >= 4 is 27.4 Å². The van der Waals surface area contributed by atoms with Crippen LogP contribution in [0.2, 0.25) is 0 Å². The third-order valence-corrected chi connectivity index (χ3v) is 3.16. The Labute approximate surface area is 123 Å². The van der Waals surface area contributed by atoms with E-state index in [0.717, 1.165) is 12.1 Å². The van der Waals surface area contributed by atoms with Crippen molar-refractivity contribution in [3.8, 4) is 6.07 Å². The zero-order chi connectivity index (χ0) is 14.9. The van der Waals surface area contributed by atoms with E-state index in [4.69, 9.17) is 5.26 Å². The Kier molecular flexibility index (Phi) is 4.00. The molecule has 6 heteroatoms. The van der Waals surface area contributed by atoms with Crippen LogP contribution in [0.1, 0.15) is 16.8 Å². The standard InChI is InChI=1S/C14H10BrF2N3/c1-7-3-8(2)19-14(10(7)6-18)20-13-11(16)4-9(15)5-12(13)17/h3-5H,1-2H3,(H,19,20). The van der Waals surface area contributed by atoms with Gasteiger partial charge in [0.05, 0.1) is 5.56 Å². The van der Waals surface area contributed by atoms with E-state index < -0.39 is 11.6 Å². The monoisotopic (exact) mass is 337 g/mol. The Bertz CT molecular complexity index is 700. The molecular formula is C14H10BrF2N3. The molecule has 0 aliphatic carbocycles. The summed E-state index contributed by atoms with van der Waals surface area (Å²) in [6, 6.07) is 5.99. The van der Waals surface area contributed by atoms with Crippen LogP contribution in [0.4, 0.5) is 20.3 Å². The van der Waals surface area contributed by atoms with Gasteiger partial charge in [0, 0.05) is 10.2 Å². The fourth-order valence-corrected chi connectivity index (χ4v) is 2.25. The summed E-state index contributed by atoms with van der Waals surface area (Å²) in [5, 5.41) is 11.7. The van der Waals surface area contributed by atoms with E-state index in [0.29, 0.717) is 15.7 Å². The van der Waals surface area contributed by atoms with Crippen molar-refractivity contribution in [3.63, 3.8) is 0 Å². The maximum absolute atomic E-state index is 13.8. The van der Waals surface area contributed by atoms with Crippen LogP contribution < -0.4 is 5.32 Å². The molecule has 1 N–H and O–H groups in total. The molecule has 0 saturated carbocycles. The minimum absolute atomic E-state index is 0.144. The maximum Gasteiger partial charge on any atom is 0.150 e. The van der Waals surface area contributed by atoms with Gasteiger partial charge in [-0.3, -0.25) is 0 Å². The highest BCUT2D eigenvalue weighted by molar-refractivity contribution is 9.10. The molecule has 3 nitrogen and oxygen atoms in total. The van der Waals surface area contributed by atoms with Crippen molar-refractivity contribution in [2.75, 3.05) is 5.32 Å². The summed E-state index contributed by atoms with van der Waals surface area (Å²) in [5.74, 6) is -1.38. The molecule has 0 fully saturated rings. The number of hydrogen-bond acceptors (Lipinski definition) is 3. The van der Waals surface area contributed by atoms with Crippen molar-refractivity contribution in [1.29, 1.82) is 5.26 Å². The number of anilines is 2. The number of benzene rings is 1. The normalized spacial score (nSPS) is 10.2. The van der Waals surface area contributed by atoms with E-state index in [1.165, 1.54) is 0 Å². The minimum atomic E-state index is -0.762. The fraction of sp³-hybridized carbons (Fsp3) is 0.143. The first kappa shape index (κ1) is 14.4. The number of nitriles is 1. The topological polar surface area (TPSA) is 48.7 Å². The highest BCUT2D eigenvalue weighted by atomic mass is 79.9. The second-order valence-electron chi connectivity index (χ2n) is 4.29. The molecule has 0 aliphatic heterocycles. The van der Waals surface area contributed by atoms with Gasteiger partial charge in [-0.25, -0.2) is 13.8 Å². The SMILES string of the molecule is Cc1cc(C)c(C#N)c(Nc2c(F)cc(Br)cc2F)n1. The number of rotatable bonds is 2. The lowest BCUT2D eigenvalue weighted by atomic mass is 10.1. The number of hydrogen-bond donors (Lipinski definition) is 1. The van der Waals surface area contributed by atoms with Crippen LogP contribution in [0.5, 0.6) is 0 Å². The summed E-state index contributed by atoms with van der Waals surface area (Å²) < 4.78 is 27.9. The van der Waals surface area contributed by atoms with Gasteiger partial charge in [0.1, 0.15) is 17.6 Å². The first-order valence-electron chi connectivity index (χ1n) is 5.72. The largest absolute Gasteiger partial charge is 0.334 e. The van der Waals surface area contributed by atoms with Crippen LogP contribution >= 0.6 is 15.9 Å². The summed E-state index contributed by atoms with van der Waals surface area (Å²) in [5.41, 5.74) is 1.28. The molecule has 2 aromatic rings. The molecule has 0 atom stereocenters. The lowest BCUT2D eigenvalue weighted by molar-refractivity contribution is 0.589. The summed E-state index contributed by atoms with van der Waals surface area (Å²) in [7, 11) is 0. The van der Waals surface area contributed by atoms with Gasteiger partial charge in [-0.15, -0.1) is 0 Å². The Hall–Kier alpha value is -2.00. The van der Waals surface area contributed by atoms with E-state index in [1.807, 2.05) is 6.07 Å². The van der Waals surface area contributed by atoms with Gasteiger partial charge < -0.3 is 5.32 Å². The number of nitrogens with one attached hydrogen (secondary N) is 1. The third-order valence-electron chi connectivity index (χ3n) is 2.71. The summed E-state index contributed by atoms with van der Waals surface area (Å²) in [6.07, 6.45) is 0. The van der Waals surface area contributed by atoms with Crippen molar-refractivity contribution in [2.24, 2.45) is 0 Å². The smallest absolute Gasteiger partial charge is 0.150 e. The summed E-state index contributed by atoms with van der Waals surface area (Å²) >= 11 is 3.01. The van der Waals surface area contributed by atoms with Gasteiger partial charge in [-0.05, 0) is 37.6 Å². The van der Waals surface area contributed by atoms with E-state index in [1.54, 1.807) is 19.9 Å². The highest BCUT2D eigenvalue weighted by Gasteiger charge is 2.15. The number of halogens is 3. The Morgan fingerprint density at radius 1 is 1.20 bits per heavy atom. The predicted molar refractivity (Wildman–Crippen MR) is 75.8 cm³/mol. The van der Waals surface area contributed by atoms with Crippen LogP contribution in [0.3, 0.4) is 0 Å². The van der Waals surface area contributed by atoms with Gasteiger partial charge in [-0.1, -0.05) is 15.9 Å². The predicted octanol–water partition coefficient (Wildman–Crippen LogP) is 4.35. The zero-order valence-corrected chi connectivity index (χ0v) is 12.3. The molecule has 0 bridgehead atoms. The fourth-order valence-electron chi connectivity index (χ4n) is 1.85. The van der Waals surface area contributed by atoms with E-state index >= 15 is 0 Å². The third kappa shape index (κ3) is 2.78. The minimum Gasteiger partial charge on any atom is -0.334 e. The quantitative estimate of drug-likeness (QED) is 0.885. The molecule has 2 rings (SSSR count). The van der Waals surface area contributed by atoms with E-state index in [2.05, 4.69) is 26.2 Å². The molecule has 20 heavy (non-hydrogen) atoms. The molecule has 0 amide bonds. The number of nitrogens with zero attached hydrogens (tertiary/aromatic N) is 2. The lowest BCUT2D eigenvalue weighted by Gasteiger charge is -2.12.